The molecule has 0 aliphatic carbocycles. The van der Waals surface area contributed by atoms with Crippen LogP contribution in [-0.4, -0.2) is 169 Å². The Labute approximate surface area is 619 Å². The van der Waals surface area contributed by atoms with Crippen molar-refractivity contribution in [3.8, 4) is 0 Å². The van der Waals surface area contributed by atoms with E-state index in [1.54, 1.807) is 0 Å². The maximum Gasteiger partial charge on any atom is 0.329 e. The first kappa shape index (κ1) is 82.9. The van der Waals surface area contributed by atoms with Crippen molar-refractivity contribution in [2.45, 2.75) is 47.3 Å². The molecule has 0 radical (unpaired) electrons. The van der Waals surface area contributed by atoms with Gasteiger partial charge in [0.25, 0.3) is 0 Å². The number of carbonyl (C=O) groups excluding carboxylic acids is 3. The first-order valence-electron chi connectivity index (χ1n) is 32.7. The first-order chi connectivity index (χ1) is 47.7. The minimum Gasteiger partial charge on any atom is -0.480 e. The molecule has 0 bridgehead atoms. The molecule has 20 heteroatoms. The van der Waals surface area contributed by atoms with E-state index in [4.69, 9.17) is 29.8 Å². The Morgan fingerprint density at radius 1 is 0.449 bits per heavy atom. The number of aliphatic carboxylic acids is 1. The number of carboxylic acids is 1. The molecule has 6 N–H and O–H groups in total. The number of benzene rings is 8. The fourth-order valence-electron chi connectivity index (χ4n) is 10.4. The second-order valence-corrected chi connectivity index (χ2v) is 41.9. The Morgan fingerprint density at radius 2 is 0.745 bits per heavy atom. The number of amides is 3. The van der Waals surface area contributed by atoms with E-state index in [2.05, 4.69) is 235 Å². The Hall–Kier alpha value is -5.75. The number of ether oxygens (including phenoxy) is 4. The number of hydrogen-bond acceptors (Lipinski definition) is 13. The molecule has 0 fully saturated rings. The van der Waals surface area contributed by atoms with Crippen molar-refractivity contribution in [2.24, 2.45) is 5.73 Å². The standard InChI is InChI=1S/C39H47N3O4S.C26H28O4S.C13H21N3O.I3/c1-42(2)25-24-40-38(44)36(30-32-16-7-3-8-17-32)41-37(43)31-46-28-27-45-26-15-29-47-39(33-18-9-4-10-19-33,34-20-11-5-12-21-34)35-22-13-6-14-23-35;27-25(28)21-30-19-18-29-17-10-20-31-26(22-11-4-1-5-12-22,23-13-6-2-7-14-23)24-15-8-3-9-16-24;1-16(2)9-8-15-13(17)12(14)10-11-6-4-3-5-7-11;1-3-2/h3-14,16-23,36H,15,24-31H2,1-2H3,(H,40,44)(H,41,43);1-9,11-16H,10,17-21H2,(H,27,28);3-7,12H,8-10,14H2,1-2H3,(H,15,17);/q;;;-1. The van der Waals surface area contributed by atoms with Gasteiger partial charge in [-0.05, 0) is 103 Å². The second kappa shape index (κ2) is 49.7. The molecule has 0 aliphatic rings. The van der Waals surface area contributed by atoms with Crippen LogP contribution in [0.25, 0.3) is 0 Å². The number of rotatable bonds is 39. The second-order valence-electron chi connectivity index (χ2n) is 23.0. The molecule has 2 atom stereocenters. The molecule has 0 saturated heterocycles. The van der Waals surface area contributed by atoms with E-state index in [0.717, 1.165) is 42.0 Å². The Kier molecular flexibility index (Phi) is 42.1. The van der Waals surface area contributed by atoms with Crippen molar-refractivity contribution >= 4 is 84.4 Å². The van der Waals surface area contributed by atoms with E-state index in [9.17, 15) is 19.2 Å². The smallest absolute Gasteiger partial charge is 0.329 e. The fourth-order valence-corrected chi connectivity index (χ4v) is 13.3. The number of carboxylic acid groups (broad SMARTS) is 1. The predicted octanol–water partition coefficient (Wildman–Crippen LogP) is 9.77. The summed E-state index contributed by atoms with van der Waals surface area (Å²) in [5.74, 6) is 0.215. The van der Waals surface area contributed by atoms with Crippen molar-refractivity contribution < 1.29 is 56.5 Å². The molecule has 8 aromatic carbocycles. The Bertz CT molecular complexity index is 3200. The topological polar surface area (TPSA) is 194 Å². The zero-order valence-electron chi connectivity index (χ0n) is 56.6. The summed E-state index contributed by atoms with van der Waals surface area (Å²) in [7, 11) is 7.83. The van der Waals surface area contributed by atoms with Crippen LogP contribution in [0.15, 0.2) is 243 Å². The van der Waals surface area contributed by atoms with Crippen molar-refractivity contribution in [2.75, 3.05) is 119 Å². The number of halogens is 3. The molecule has 3 amide bonds. The summed E-state index contributed by atoms with van der Waals surface area (Å²) >= 11 is 9.13. The van der Waals surface area contributed by atoms with Crippen molar-refractivity contribution in [1.82, 2.24) is 25.8 Å². The molecule has 2 unspecified atom stereocenters. The van der Waals surface area contributed by atoms with Gasteiger partial charge < -0.3 is 55.5 Å². The van der Waals surface area contributed by atoms with Crippen LogP contribution in [0.3, 0.4) is 0 Å². The maximum absolute atomic E-state index is 12.9. The molecule has 0 heterocycles. The maximum atomic E-state index is 12.9. The summed E-state index contributed by atoms with van der Waals surface area (Å²) in [5, 5.41) is 17.2. The van der Waals surface area contributed by atoms with Gasteiger partial charge in [0.05, 0.1) is 42.0 Å². The molecule has 98 heavy (non-hydrogen) atoms. The monoisotopic (exact) mass is 1710 g/mol. The zero-order chi connectivity index (χ0) is 70.3. The van der Waals surface area contributed by atoms with Crippen LogP contribution < -0.4 is 34.9 Å². The SMILES string of the molecule is CN(C)CCNC(=O)C(Cc1ccccc1)NC(=O)COCCOCCCSC(c1ccccc1)(c1ccccc1)c1ccccc1.CN(C)CCNC(=O)C(N)Cc1ccccc1.I[I-]I.O=C(O)COCCOCCCSC(c1ccccc1)(c1ccccc1)c1ccccc1. The van der Waals surface area contributed by atoms with Gasteiger partial charge in [0.1, 0.15) is 19.3 Å². The van der Waals surface area contributed by atoms with Gasteiger partial charge in [0, 0.05) is 45.8 Å². The fraction of sp³-hybridized carbons (Fsp3) is 0.333. The molecular formula is C78H96I3N6O9S2-. The number of thioether (sulfide) groups is 2. The largest absolute Gasteiger partial charge is 0.480 e. The number of nitrogens with zero attached hydrogens (tertiary/aromatic N) is 2. The summed E-state index contributed by atoms with van der Waals surface area (Å²) < 4.78 is 21.4. The molecule has 0 aromatic heterocycles. The van der Waals surface area contributed by atoms with Gasteiger partial charge in [-0.25, -0.2) is 4.79 Å². The van der Waals surface area contributed by atoms with Crippen LogP contribution in [0.4, 0.5) is 0 Å². The third kappa shape index (κ3) is 31.0. The van der Waals surface area contributed by atoms with Crippen LogP contribution in [0.2, 0.25) is 0 Å². The van der Waals surface area contributed by atoms with Gasteiger partial charge in [-0.1, -0.05) is 243 Å². The van der Waals surface area contributed by atoms with Crippen molar-refractivity contribution in [1.29, 1.82) is 0 Å². The van der Waals surface area contributed by atoms with Crippen molar-refractivity contribution in [3.63, 3.8) is 0 Å². The van der Waals surface area contributed by atoms with Crippen LogP contribution >= 0.6 is 60.8 Å². The van der Waals surface area contributed by atoms with Gasteiger partial charge in [0.15, 0.2) is 0 Å². The number of likely N-dealkylation sites (N-methyl/N-ethyl adjacent to an activating group) is 2. The Morgan fingerprint density at radius 3 is 1.07 bits per heavy atom. The third-order valence-corrected chi connectivity index (χ3v) is 18.3. The summed E-state index contributed by atoms with van der Waals surface area (Å²) in [4.78, 5) is 51.7. The van der Waals surface area contributed by atoms with Gasteiger partial charge in [0.2, 0.25) is 17.7 Å². The van der Waals surface area contributed by atoms with E-state index in [1.807, 2.05) is 122 Å². The van der Waals surface area contributed by atoms with Gasteiger partial charge in [-0.2, -0.15) is 0 Å². The molecular weight excluding hydrogens is 1610 g/mol. The van der Waals surface area contributed by atoms with E-state index in [-0.39, 0.29) is 40.4 Å². The quantitative estimate of drug-likeness (QED) is 0.0139. The minimum atomic E-state index is -0.963. The number of hydrogen-bond donors (Lipinski definition) is 5. The molecule has 0 saturated carbocycles. The minimum absolute atomic E-state index is 0.0873. The molecule has 8 aromatic rings. The van der Waals surface area contributed by atoms with Crippen LogP contribution in [0, 0.1) is 0 Å². The van der Waals surface area contributed by atoms with Crippen molar-refractivity contribution in [3.05, 3.63) is 287 Å². The van der Waals surface area contributed by atoms with Crippen LogP contribution in [-0.2, 0) is 60.5 Å². The van der Waals surface area contributed by atoms with Gasteiger partial charge in [-0.3, -0.25) is 14.4 Å². The normalized spacial score (nSPS) is 11.8. The van der Waals surface area contributed by atoms with Gasteiger partial charge >= 0.3 is 56.5 Å². The number of nitrogens with two attached hydrogens (primary N) is 1. The van der Waals surface area contributed by atoms with Crippen LogP contribution in [0.1, 0.15) is 57.3 Å². The zero-order valence-corrected chi connectivity index (χ0v) is 64.7. The summed E-state index contributed by atoms with van der Waals surface area (Å²) in [6.45, 7) is 4.83. The Balaban J connectivity index is 0.000000290. The number of nitrogens with one attached hydrogen (secondary N) is 3. The van der Waals surface area contributed by atoms with Crippen LogP contribution in [0.5, 0.6) is 0 Å². The predicted molar refractivity (Wildman–Crippen MR) is 415 cm³/mol. The average molecular weight is 1710 g/mol. The van der Waals surface area contributed by atoms with Gasteiger partial charge in [-0.15, -0.1) is 23.5 Å². The molecule has 526 valence electrons. The van der Waals surface area contributed by atoms with E-state index in [0.29, 0.717) is 85.4 Å². The molecule has 0 spiro atoms. The van der Waals surface area contributed by atoms with E-state index >= 15 is 0 Å². The molecule has 0 aliphatic heterocycles. The van der Waals surface area contributed by atoms with E-state index in [1.165, 1.54) is 33.4 Å². The average Bonchev–Trinajstić information content (AvgIpc) is 0.768. The summed E-state index contributed by atoms with van der Waals surface area (Å²) in [6.07, 6.45) is 2.73. The number of carbonyl (C=O) groups is 4. The summed E-state index contributed by atoms with van der Waals surface area (Å²) in [6, 6.07) is 82.3. The van der Waals surface area contributed by atoms with E-state index < -0.39 is 18.1 Å². The summed E-state index contributed by atoms with van der Waals surface area (Å²) in [5.41, 5.74) is 15.4. The molecule has 15 nitrogen and oxygen atoms in total. The molecule has 8 rings (SSSR count). The third-order valence-electron chi connectivity index (χ3n) is 15.1. The first-order valence-corrected chi connectivity index (χ1v) is 47.3.